The largest absolute Gasteiger partial charge is 0.370 e. The van der Waals surface area contributed by atoms with Gasteiger partial charge in [-0.3, -0.25) is 9.13 Å². The summed E-state index contributed by atoms with van der Waals surface area (Å²) in [6.45, 7) is 2.68. The molecule has 2 atom stereocenters. The Bertz CT molecular complexity index is 255. The summed E-state index contributed by atoms with van der Waals surface area (Å²) >= 11 is 0. The molecule has 0 aliphatic carbocycles. The third-order valence-electron chi connectivity index (χ3n) is 1.39. The van der Waals surface area contributed by atoms with Gasteiger partial charge in [0, 0.05) is 0 Å². The Kier molecular flexibility index (Phi) is 4.27. The van der Waals surface area contributed by atoms with Gasteiger partial charge in [-0.1, -0.05) is 13.8 Å². The Labute approximate surface area is 75.0 Å². The minimum Gasteiger partial charge on any atom is -0.324 e. The predicted octanol–water partition coefficient (Wildman–Crippen LogP) is 0.821. The van der Waals surface area contributed by atoms with Crippen molar-refractivity contribution in [2.75, 3.05) is 0 Å². The lowest BCUT2D eigenvalue weighted by atomic mass is 10.3. The first-order chi connectivity index (χ1) is 5.63. The second-order valence-corrected chi connectivity index (χ2v) is 6.88. The van der Waals surface area contributed by atoms with Crippen molar-refractivity contribution in [3.63, 3.8) is 0 Å². The molecule has 0 spiro atoms. The van der Waals surface area contributed by atoms with Crippen LogP contribution in [0.4, 0.5) is 0 Å². The monoisotopic (exact) mass is 234 g/mol. The van der Waals surface area contributed by atoms with Gasteiger partial charge in [-0.05, 0) is 5.92 Å². The van der Waals surface area contributed by atoms with Crippen molar-refractivity contribution in [1.82, 2.24) is 0 Å². The van der Waals surface area contributed by atoms with E-state index >= 15 is 0 Å². The van der Waals surface area contributed by atoms with Crippen molar-refractivity contribution in [3.8, 4) is 0 Å². The van der Waals surface area contributed by atoms with E-state index in [2.05, 4.69) is 4.67 Å². The summed E-state index contributed by atoms with van der Waals surface area (Å²) in [6.07, 6.45) is 0. The van der Waals surface area contributed by atoms with Gasteiger partial charge in [0.05, 0.1) is 0 Å². The molecule has 2 unspecified atom stereocenters. The Morgan fingerprint density at radius 3 is 1.62 bits per heavy atom. The van der Waals surface area contributed by atoms with Gasteiger partial charge >= 0.3 is 15.2 Å². The maximum Gasteiger partial charge on any atom is 0.370 e. The van der Waals surface area contributed by atoms with E-state index in [0.717, 1.165) is 0 Å². The van der Waals surface area contributed by atoms with Crippen LogP contribution in [0.15, 0.2) is 0 Å². The molecule has 4 N–H and O–H groups in total. The topological polar surface area (TPSA) is 124 Å². The minimum absolute atomic E-state index is 0.788. The lowest BCUT2D eigenvalue weighted by Gasteiger charge is -2.23. The highest BCUT2D eigenvalue weighted by Gasteiger charge is 2.47. The van der Waals surface area contributed by atoms with Gasteiger partial charge in [0.2, 0.25) is 0 Å². The van der Waals surface area contributed by atoms with E-state index in [9.17, 15) is 9.13 Å². The SMILES string of the molecule is CC(C)C(P(=O)(O)O)P(=O)(O)OO. The molecule has 13 heavy (non-hydrogen) atoms. The van der Waals surface area contributed by atoms with E-state index in [1.165, 1.54) is 13.8 Å². The zero-order valence-corrected chi connectivity index (χ0v) is 8.85. The maximum atomic E-state index is 11.0. The standard InChI is InChI=1S/C4H12O7P2/c1-3(2)4(12(6,7)8)13(9,10)11-5/h3-5H,1-2H3,(H,9,10)(H2,6,7,8). The smallest absolute Gasteiger partial charge is 0.324 e. The molecule has 0 bridgehead atoms. The van der Waals surface area contributed by atoms with Crippen LogP contribution in [0.3, 0.4) is 0 Å². The van der Waals surface area contributed by atoms with Crippen molar-refractivity contribution in [2.24, 2.45) is 5.92 Å². The number of hydrogen-bond donors (Lipinski definition) is 4. The summed E-state index contributed by atoms with van der Waals surface area (Å²) in [5, 5.41) is 6.12. The molecule has 7 nitrogen and oxygen atoms in total. The molecule has 0 amide bonds. The van der Waals surface area contributed by atoms with Gasteiger partial charge in [0.25, 0.3) is 0 Å². The molecule has 0 aliphatic heterocycles. The van der Waals surface area contributed by atoms with E-state index in [1.54, 1.807) is 0 Å². The first kappa shape index (κ1) is 13.3. The fraction of sp³-hybridized carbons (Fsp3) is 1.00. The maximum absolute atomic E-state index is 11.0. The highest BCUT2D eigenvalue weighted by molar-refractivity contribution is 7.71. The van der Waals surface area contributed by atoms with Gasteiger partial charge in [0.1, 0.15) is 0 Å². The Balaban J connectivity index is 5.07. The third-order valence-corrected chi connectivity index (χ3v) is 5.95. The van der Waals surface area contributed by atoms with Crippen molar-refractivity contribution >= 4 is 15.2 Å². The minimum atomic E-state index is -4.77. The van der Waals surface area contributed by atoms with Gasteiger partial charge in [-0.2, -0.15) is 4.67 Å². The normalized spacial score (nSPS) is 19.9. The first-order valence-corrected chi connectivity index (χ1v) is 6.66. The van der Waals surface area contributed by atoms with Crippen molar-refractivity contribution in [3.05, 3.63) is 0 Å². The van der Waals surface area contributed by atoms with Gasteiger partial charge in [-0.15, -0.1) is 0 Å². The third kappa shape index (κ3) is 3.48. The summed E-state index contributed by atoms with van der Waals surface area (Å²) in [4.78, 5) is 26.3. The zero-order valence-electron chi connectivity index (χ0n) is 7.06. The predicted molar refractivity (Wildman–Crippen MR) is 44.2 cm³/mol. The zero-order chi connectivity index (χ0) is 10.9. The molecule has 0 saturated carbocycles. The molecule has 80 valence electrons. The van der Waals surface area contributed by atoms with Crippen molar-refractivity contribution < 1.29 is 33.7 Å². The molecular weight excluding hydrogens is 222 g/mol. The van der Waals surface area contributed by atoms with Crippen molar-refractivity contribution in [1.29, 1.82) is 0 Å². The average Bonchev–Trinajstić information content (AvgIpc) is 1.82. The van der Waals surface area contributed by atoms with Crippen LogP contribution in [0.2, 0.25) is 0 Å². The number of rotatable bonds is 4. The molecule has 0 rings (SSSR count). The summed E-state index contributed by atoms with van der Waals surface area (Å²) in [7, 11) is -9.44. The first-order valence-electron chi connectivity index (χ1n) is 3.33. The second-order valence-electron chi connectivity index (χ2n) is 2.89. The molecule has 0 fully saturated rings. The van der Waals surface area contributed by atoms with Crippen LogP contribution in [0.1, 0.15) is 13.8 Å². The lowest BCUT2D eigenvalue weighted by Crippen LogP contribution is -2.17. The van der Waals surface area contributed by atoms with E-state index in [4.69, 9.17) is 19.9 Å². The summed E-state index contributed by atoms with van der Waals surface area (Å²) < 4.78 is 24.9. The van der Waals surface area contributed by atoms with Crippen molar-refractivity contribution in [2.45, 2.75) is 19.2 Å². The van der Waals surface area contributed by atoms with Crippen LogP contribution in [0.25, 0.3) is 0 Å². The highest BCUT2D eigenvalue weighted by Crippen LogP contribution is 2.64. The van der Waals surface area contributed by atoms with E-state index in [1.807, 2.05) is 0 Å². The van der Waals surface area contributed by atoms with E-state index in [0.29, 0.717) is 0 Å². The molecule has 0 saturated heterocycles. The lowest BCUT2D eigenvalue weighted by molar-refractivity contribution is -0.147. The van der Waals surface area contributed by atoms with Crippen LogP contribution >= 0.6 is 15.2 Å². The summed E-state index contributed by atoms with van der Waals surface area (Å²) in [5.74, 6) is -0.788. The van der Waals surface area contributed by atoms with Crippen LogP contribution < -0.4 is 0 Å². The molecule has 0 radical (unpaired) electrons. The second kappa shape index (κ2) is 4.19. The summed E-state index contributed by atoms with van der Waals surface area (Å²) in [6, 6.07) is 0. The molecule has 0 aromatic heterocycles. The fourth-order valence-corrected chi connectivity index (χ4v) is 4.28. The quantitative estimate of drug-likeness (QED) is 0.322. The Morgan fingerprint density at radius 1 is 1.15 bits per heavy atom. The van der Waals surface area contributed by atoms with Crippen LogP contribution in [0.5, 0.6) is 0 Å². The molecular formula is C4H12O7P2. The van der Waals surface area contributed by atoms with Crippen LogP contribution in [-0.4, -0.2) is 25.3 Å². The summed E-state index contributed by atoms with van der Waals surface area (Å²) in [5.41, 5.74) is 0. The van der Waals surface area contributed by atoms with E-state index < -0.39 is 26.5 Å². The van der Waals surface area contributed by atoms with Gasteiger partial charge < -0.3 is 14.7 Å². The number of hydrogen-bond acceptors (Lipinski definition) is 4. The average molecular weight is 234 g/mol. The highest BCUT2D eigenvalue weighted by atomic mass is 31.2. The molecule has 9 heteroatoms. The van der Waals surface area contributed by atoms with E-state index in [-0.39, 0.29) is 0 Å². The molecule has 0 aliphatic rings. The Hall–Kier alpha value is 0.260. The van der Waals surface area contributed by atoms with Gasteiger partial charge in [-0.25, -0.2) is 5.26 Å². The molecule has 0 aromatic rings. The van der Waals surface area contributed by atoms with Gasteiger partial charge in [0.15, 0.2) is 5.40 Å². The van der Waals surface area contributed by atoms with Crippen LogP contribution in [0, 0.1) is 5.92 Å². The van der Waals surface area contributed by atoms with Crippen LogP contribution in [-0.2, 0) is 13.8 Å². The Morgan fingerprint density at radius 2 is 1.54 bits per heavy atom. The fourth-order valence-electron chi connectivity index (χ4n) is 1.00. The molecule has 0 aromatic carbocycles. The molecule has 0 heterocycles.